The van der Waals surface area contributed by atoms with Gasteiger partial charge in [-0.05, 0) is 61.9 Å². The number of methoxy groups -OCH3 is 2. The number of carbonyl (C=O) groups is 2. The van der Waals surface area contributed by atoms with E-state index in [0.29, 0.717) is 5.69 Å². The number of alkyl halides is 2. The molecular weight excluding hydrogens is 560 g/mol. The predicted molar refractivity (Wildman–Crippen MR) is 152 cm³/mol. The minimum atomic E-state index is -2.99. The number of nitrogens with zero attached hydrogens (tertiary/aromatic N) is 1. The molecule has 1 atom stereocenters. The number of rotatable bonds is 11. The van der Waals surface area contributed by atoms with Crippen LogP contribution >= 0.6 is 23.1 Å². The molecule has 8 nitrogen and oxygen atoms in total. The number of carbonyl (C=O) groups excluding carboxylic acids is 2. The molecule has 0 bridgehead atoms. The standard InChI is InChI=1S/C28H27F2N3O5S2/c1-15-22(38-27(29)30)12-10-20(25(15)37-4)26(35)32-18-7-11-21-23(13-18)40-28(33-21)39-14-24(34)31-16(2)17-5-8-19(36-3)9-6-17/h5-13,16,27H,14H2,1-4H3,(H,31,34)(H,32,35). The summed E-state index contributed by atoms with van der Waals surface area (Å²) in [6.45, 7) is 0.463. The highest BCUT2D eigenvalue weighted by atomic mass is 32.2. The number of hydrogen-bond acceptors (Lipinski definition) is 8. The number of thiazole rings is 1. The fraction of sp³-hybridized carbons (Fsp3) is 0.250. The van der Waals surface area contributed by atoms with Gasteiger partial charge in [0.15, 0.2) is 4.34 Å². The summed E-state index contributed by atoms with van der Waals surface area (Å²) in [5.74, 6) is 0.451. The molecule has 0 radical (unpaired) electrons. The first-order valence-electron chi connectivity index (χ1n) is 12.1. The van der Waals surface area contributed by atoms with Crippen molar-refractivity contribution in [2.24, 2.45) is 0 Å². The van der Waals surface area contributed by atoms with E-state index in [9.17, 15) is 18.4 Å². The Kier molecular flexibility index (Phi) is 9.43. The summed E-state index contributed by atoms with van der Waals surface area (Å²) < 4.78 is 41.8. The fourth-order valence-corrected chi connectivity index (χ4v) is 5.89. The van der Waals surface area contributed by atoms with Gasteiger partial charge in [0.25, 0.3) is 5.91 Å². The summed E-state index contributed by atoms with van der Waals surface area (Å²) in [6, 6.07) is 15.3. The molecular formula is C28H27F2N3O5S2. The molecule has 12 heteroatoms. The lowest BCUT2D eigenvalue weighted by Gasteiger charge is -2.15. The van der Waals surface area contributed by atoms with E-state index in [-0.39, 0.29) is 40.3 Å². The van der Waals surface area contributed by atoms with Crippen molar-refractivity contribution in [3.63, 3.8) is 0 Å². The second-order valence-corrected chi connectivity index (χ2v) is 10.9. The predicted octanol–water partition coefficient (Wildman–Crippen LogP) is 6.45. The number of thioether (sulfide) groups is 1. The maximum atomic E-state index is 13.0. The molecule has 2 amide bonds. The van der Waals surface area contributed by atoms with Gasteiger partial charge in [0.1, 0.15) is 17.2 Å². The summed E-state index contributed by atoms with van der Waals surface area (Å²) in [7, 11) is 2.96. The molecule has 0 spiro atoms. The molecule has 1 heterocycles. The van der Waals surface area contributed by atoms with Gasteiger partial charge in [0, 0.05) is 11.3 Å². The molecule has 0 saturated heterocycles. The molecule has 3 aromatic carbocycles. The molecule has 0 aliphatic heterocycles. The first-order chi connectivity index (χ1) is 19.2. The Balaban J connectivity index is 1.38. The van der Waals surface area contributed by atoms with Gasteiger partial charge in [-0.25, -0.2) is 4.98 Å². The van der Waals surface area contributed by atoms with Crippen LogP contribution in [0.25, 0.3) is 10.2 Å². The van der Waals surface area contributed by atoms with E-state index in [2.05, 4.69) is 20.4 Å². The fourth-order valence-electron chi connectivity index (χ4n) is 3.97. The number of aromatic nitrogens is 1. The summed E-state index contributed by atoms with van der Waals surface area (Å²) in [4.78, 5) is 30.1. The third kappa shape index (κ3) is 6.99. The number of ether oxygens (including phenoxy) is 3. The van der Waals surface area contributed by atoms with E-state index in [1.807, 2.05) is 31.2 Å². The van der Waals surface area contributed by atoms with Crippen molar-refractivity contribution in [1.82, 2.24) is 10.3 Å². The number of nitrogens with one attached hydrogen (secondary N) is 2. The molecule has 0 fully saturated rings. The number of benzene rings is 3. The van der Waals surface area contributed by atoms with E-state index in [4.69, 9.17) is 9.47 Å². The average molecular weight is 588 g/mol. The summed E-state index contributed by atoms with van der Waals surface area (Å²) in [5, 5.41) is 5.79. The van der Waals surface area contributed by atoms with Crippen LogP contribution in [-0.2, 0) is 4.79 Å². The van der Waals surface area contributed by atoms with Crippen molar-refractivity contribution >= 4 is 50.8 Å². The largest absolute Gasteiger partial charge is 0.497 e. The van der Waals surface area contributed by atoms with Gasteiger partial charge >= 0.3 is 6.61 Å². The zero-order valence-electron chi connectivity index (χ0n) is 22.1. The van der Waals surface area contributed by atoms with Crippen LogP contribution in [0.4, 0.5) is 14.5 Å². The van der Waals surface area contributed by atoms with Gasteiger partial charge in [-0.3, -0.25) is 9.59 Å². The molecule has 0 aliphatic rings. The molecule has 4 rings (SSSR count). The number of fused-ring (bicyclic) bond motifs is 1. The minimum absolute atomic E-state index is 0.0663. The van der Waals surface area contributed by atoms with E-state index >= 15 is 0 Å². The maximum Gasteiger partial charge on any atom is 0.387 e. The van der Waals surface area contributed by atoms with Crippen molar-refractivity contribution in [2.75, 3.05) is 25.3 Å². The number of anilines is 1. The Morgan fingerprint density at radius 3 is 2.48 bits per heavy atom. The second kappa shape index (κ2) is 13.0. The van der Waals surface area contributed by atoms with Gasteiger partial charge in [-0.2, -0.15) is 8.78 Å². The van der Waals surface area contributed by atoms with Gasteiger partial charge in [-0.1, -0.05) is 23.9 Å². The van der Waals surface area contributed by atoms with Crippen LogP contribution in [0.2, 0.25) is 0 Å². The van der Waals surface area contributed by atoms with Crippen LogP contribution in [0.1, 0.15) is 34.5 Å². The van der Waals surface area contributed by atoms with Crippen molar-refractivity contribution in [3.8, 4) is 17.2 Å². The zero-order valence-corrected chi connectivity index (χ0v) is 23.8. The monoisotopic (exact) mass is 587 g/mol. The molecule has 4 aromatic rings. The molecule has 1 aromatic heterocycles. The Morgan fingerprint density at radius 2 is 1.80 bits per heavy atom. The van der Waals surface area contributed by atoms with Crippen molar-refractivity contribution < 1.29 is 32.6 Å². The summed E-state index contributed by atoms with van der Waals surface area (Å²) in [5.41, 5.74) is 2.70. The van der Waals surface area contributed by atoms with Crippen LogP contribution in [0.3, 0.4) is 0 Å². The second-order valence-electron chi connectivity index (χ2n) is 8.62. The van der Waals surface area contributed by atoms with Gasteiger partial charge in [0.2, 0.25) is 5.91 Å². The molecule has 40 heavy (non-hydrogen) atoms. The zero-order chi connectivity index (χ0) is 28.8. The van der Waals surface area contributed by atoms with Crippen LogP contribution in [0.5, 0.6) is 17.2 Å². The molecule has 0 saturated carbocycles. The van der Waals surface area contributed by atoms with Gasteiger partial charge in [0.05, 0.1) is 41.8 Å². The molecule has 210 valence electrons. The third-order valence-electron chi connectivity index (χ3n) is 5.97. The average Bonchev–Trinajstić information content (AvgIpc) is 3.35. The quantitative estimate of drug-likeness (QED) is 0.195. The Labute approximate surface area is 238 Å². The number of amides is 2. The normalized spacial score (nSPS) is 11.8. The highest BCUT2D eigenvalue weighted by Crippen LogP contribution is 2.34. The number of halogens is 2. The first-order valence-corrected chi connectivity index (χ1v) is 13.9. The molecule has 2 N–H and O–H groups in total. The van der Waals surface area contributed by atoms with Crippen LogP contribution in [0, 0.1) is 6.92 Å². The van der Waals surface area contributed by atoms with E-state index in [1.54, 1.807) is 25.3 Å². The van der Waals surface area contributed by atoms with Crippen molar-refractivity contribution in [3.05, 3.63) is 71.3 Å². The highest BCUT2D eigenvalue weighted by molar-refractivity contribution is 8.01. The Hall–Kier alpha value is -3.90. The maximum absolute atomic E-state index is 13.0. The number of hydrogen-bond donors (Lipinski definition) is 2. The van der Waals surface area contributed by atoms with E-state index < -0.39 is 12.5 Å². The van der Waals surface area contributed by atoms with Crippen LogP contribution in [0.15, 0.2) is 58.9 Å². The lowest BCUT2D eigenvalue weighted by Crippen LogP contribution is -2.28. The van der Waals surface area contributed by atoms with Gasteiger partial charge in [-0.15, -0.1) is 11.3 Å². The van der Waals surface area contributed by atoms with Gasteiger partial charge < -0.3 is 24.8 Å². The van der Waals surface area contributed by atoms with Crippen molar-refractivity contribution in [2.45, 2.75) is 30.8 Å². The SMILES string of the molecule is COc1ccc(C(C)NC(=O)CSc2nc3ccc(NC(=O)c4ccc(OC(F)F)c(C)c4OC)cc3s2)cc1. The van der Waals surface area contributed by atoms with Crippen LogP contribution < -0.4 is 24.8 Å². The Morgan fingerprint density at radius 1 is 1.05 bits per heavy atom. The van der Waals surface area contributed by atoms with Crippen molar-refractivity contribution in [1.29, 1.82) is 0 Å². The minimum Gasteiger partial charge on any atom is -0.497 e. The summed E-state index contributed by atoms with van der Waals surface area (Å²) >= 11 is 2.74. The van der Waals surface area contributed by atoms with E-state index in [0.717, 1.165) is 25.9 Å². The lowest BCUT2D eigenvalue weighted by molar-refractivity contribution is -0.119. The lowest BCUT2D eigenvalue weighted by atomic mass is 10.1. The Bertz CT molecular complexity index is 1510. The topological polar surface area (TPSA) is 98.8 Å². The first kappa shape index (κ1) is 29.1. The third-order valence-corrected chi connectivity index (χ3v) is 8.13. The molecule has 0 aliphatic carbocycles. The summed E-state index contributed by atoms with van der Waals surface area (Å²) in [6.07, 6.45) is 0. The van der Waals surface area contributed by atoms with E-state index in [1.165, 1.54) is 49.3 Å². The highest BCUT2D eigenvalue weighted by Gasteiger charge is 2.20. The smallest absolute Gasteiger partial charge is 0.387 e. The molecule has 1 unspecified atom stereocenters. The van der Waals surface area contributed by atoms with Crippen LogP contribution in [-0.4, -0.2) is 43.4 Å².